The Bertz CT molecular complexity index is 300. The monoisotopic (exact) mass is 228 g/mol. The molecule has 0 radical (unpaired) electrons. The Balaban J connectivity index is 2.40. The zero-order valence-corrected chi connectivity index (χ0v) is 9.79. The van der Waals surface area contributed by atoms with E-state index >= 15 is 0 Å². The molecule has 0 N–H and O–H groups in total. The highest BCUT2D eigenvalue weighted by Crippen LogP contribution is 2.12. The molecular weight excluding hydrogens is 210 g/mol. The van der Waals surface area contributed by atoms with Gasteiger partial charge in [0.05, 0.1) is 0 Å². The molecule has 0 aliphatic rings. The summed E-state index contributed by atoms with van der Waals surface area (Å²) in [6.45, 7) is 1.72. The molecule has 0 heterocycles. The van der Waals surface area contributed by atoms with Gasteiger partial charge in [-0.3, -0.25) is 0 Å². The number of likely N-dealkylation sites (N-methyl/N-ethyl adjacent to an activating group) is 2. The summed E-state index contributed by atoms with van der Waals surface area (Å²) >= 11 is 0. The highest BCUT2D eigenvalue weighted by molar-refractivity contribution is 5.45. The van der Waals surface area contributed by atoms with Crippen molar-refractivity contribution in [1.29, 1.82) is 0 Å². The number of rotatable bonds is 6. The summed E-state index contributed by atoms with van der Waals surface area (Å²) in [6, 6.07) is 6.36. The van der Waals surface area contributed by atoms with Gasteiger partial charge >= 0.3 is 0 Å². The molecule has 0 bridgehead atoms. The zero-order chi connectivity index (χ0) is 12.0. The minimum absolute atomic E-state index is 0.230. The largest absolute Gasteiger partial charge is 0.373 e. The van der Waals surface area contributed by atoms with Crippen molar-refractivity contribution in [3.05, 3.63) is 30.1 Å². The van der Waals surface area contributed by atoms with E-state index in [0.717, 1.165) is 18.8 Å². The molecule has 0 atom stereocenters. The van der Waals surface area contributed by atoms with Crippen LogP contribution in [0.1, 0.15) is 0 Å². The second-order valence-corrected chi connectivity index (χ2v) is 3.89. The third-order valence-corrected chi connectivity index (χ3v) is 2.55. The number of benzene rings is 1. The Morgan fingerprint density at radius 2 is 1.62 bits per heavy atom. The van der Waals surface area contributed by atoms with Gasteiger partial charge in [0, 0.05) is 32.4 Å². The van der Waals surface area contributed by atoms with Crippen molar-refractivity contribution in [3.8, 4) is 0 Å². The van der Waals surface area contributed by atoms with Gasteiger partial charge in [0.15, 0.2) is 0 Å². The van der Waals surface area contributed by atoms with Crippen molar-refractivity contribution < 1.29 is 8.78 Å². The highest BCUT2D eigenvalue weighted by atomic mass is 19.1. The number of alkyl halides is 1. The normalized spacial score (nSPS) is 10.8. The van der Waals surface area contributed by atoms with Crippen molar-refractivity contribution in [2.45, 2.75) is 0 Å². The van der Waals surface area contributed by atoms with Crippen molar-refractivity contribution >= 4 is 5.69 Å². The van der Waals surface area contributed by atoms with Crippen LogP contribution in [0.5, 0.6) is 0 Å². The SMILES string of the molecule is CN(CCF)CCN(C)c1ccc(F)cc1. The van der Waals surface area contributed by atoms with Crippen LogP contribution in [0, 0.1) is 5.82 Å². The predicted octanol–water partition coefficient (Wildman–Crippen LogP) is 2.16. The van der Waals surface area contributed by atoms with Gasteiger partial charge in [-0.1, -0.05) is 0 Å². The first kappa shape index (κ1) is 12.9. The Morgan fingerprint density at radius 3 is 2.19 bits per heavy atom. The molecule has 1 aromatic rings. The molecule has 1 rings (SSSR count). The van der Waals surface area contributed by atoms with E-state index in [1.165, 1.54) is 12.1 Å². The first-order valence-corrected chi connectivity index (χ1v) is 5.34. The van der Waals surface area contributed by atoms with Crippen LogP contribution in [0.2, 0.25) is 0 Å². The molecule has 0 aromatic heterocycles. The number of hydrogen-bond acceptors (Lipinski definition) is 2. The maximum absolute atomic E-state index is 12.7. The standard InChI is InChI=1S/C12H18F2N2/c1-15(8-7-13)9-10-16(2)12-5-3-11(14)4-6-12/h3-6H,7-10H2,1-2H3. The summed E-state index contributed by atoms with van der Waals surface area (Å²) in [4.78, 5) is 3.95. The first-order valence-electron chi connectivity index (χ1n) is 5.34. The minimum Gasteiger partial charge on any atom is -0.373 e. The minimum atomic E-state index is -0.323. The fourth-order valence-corrected chi connectivity index (χ4v) is 1.40. The van der Waals surface area contributed by atoms with E-state index in [4.69, 9.17) is 0 Å². The lowest BCUT2D eigenvalue weighted by Gasteiger charge is -2.22. The van der Waals surface area contributed by atoms with Gasteiger partial charge in [0.2, 0.25) is 0 Å². The molecular formula is C12H18F2N2. The Morgan fingerprint density at radius 1 is 1.00 bits per heavy atom. The molecule has 0 fully saturated rings. The van der Waals surface area contributed by atoms with E-state index in [1.807, 2.05) is 23.9 Å². The predicted molar refractivity (Wildman–Crippen MR) is 63.1 cm³/mol. The number of anilines is 1. The maximum Gasteiger partial charge on any atom is 0.123 e. The summed E-state index contributed by atoms with van der Waals surface area (Å²) in [5, 5.41) is 0. The van der Waals surface area contributed by atoms with Gasteiger partial charge in [-0.25, -0.2) is 8.78 Å². The van der Waals surface area contributed by atoms with E-state index in [0.29, 0.717) is 6.54 Å². The fraction of sp³-hybridized carbons (Fsp3) is 0.500. The second kappa shape index (κ2) is 6.43. The number of hydrogen-bond donors (Lipinski definition) is 0. The van der Waals surface area contributed by atoms with Crippen LogP contribution in [0.3, 0.4) is 0 Å². The third-order valence-electron chi connectivity index (χ3n) is 2.55. The topological polar surface area (TPSA) is 6.48 Å². The summed E-state index contributed by atoms with van der Waals surface area (Å²) in [6.07, 6.45) is 0. The molecule has 1 aromatic carbocycles. The van der Waals surface area contributed by atoms with Gasteiger partial charge in [0.25, 0.3) is 0 Å². The van der Waals surface area contributed by atoms with Crippen LogP contribution >= 0.6 is 0 Å². The Labute approximate surface area is 95.5 Å². The molecule has 0 saturated heterocycles. The van der Waals surface area contributed by atoms with Crippen molar-refractivity contribution in [1.82, 2.24) is 4.90 Å². The van der Waals surface area contributed by atoms with Gasteiger partial charge in [-0.05, 0) is 31.3 Å². The maximum atomic E-state index is 12.7. The van der Waals surface area contributed by atoms with Crippen LogP contribution in [-0.2, 0) is 0 Å². The van der Waals surface area contributed by atoms with E-state index < -0.39 is 0 Å². The molecule has 0 unspecified atom stereocenters. The molecule has 0 saturated carbocycles. The third kappa shape index (κ3) is 4.14. The molecule has 0 amide bonds. The molecule has 0 aliphatic carbocycles. The fourth-order valence-electron chi connectivity index (χ4n) is 1.40. The van der Waals surface area contributed by atoms with Crippen LogP contribution < -0.4 is 4.90 Å². The van der Waals surface area contributed by atoms with Crippen molar-refractivity contribution in [2.75, 3.05) is 45.3 Å². The Kier molecular flexibility index (Phi) is 5.19. The zero-order valence-electron chi connectivity index (χ0n) is 9.79. The molecule has 16 heavy (non-hydrogen) atoms. The lowest BCUT2D eigenvalue weighted by Crippen LogP contribution is -2.31. The summed E-state index contributed by atoms with van der Waals surface area (Å²) in [5.74, 6) is -0.230. The van der Waals surface area contributed by atoms with E-state index in [1.54, 1.807) is 12.1 Å². The molecule has 90 valence electrons. The smallest absolute Gasteiger partial charge is 0.123 e. The quantitative estimate of drug-likeness (QED) is 0.736. The molecule has 4 heteroatoms. The van der Waals surface area contributed by atoms with Gasteiger partial charge in [-0.2, -0.15) is 0 Å². The highest BCUT2D eigenvalue weighted by Gasteiger charge is 2.03. The summed E-state index contributed by atoms with van der Waals surface area (Å²) in [5.41, 5.74) is 0.968. The lowest BCUT2D eigenvalue weighted by atomic mass is 10.3. The van der Waals surface area contributed by atoms with Gasteiger partial charge < -0.3 is 9.80 Å². The van der Waals surface area contributed by atoms with Crippen molar-refractivity contribution in [3.63, 3.8) is 0 Å². The first-order chi connectivity index (χ1) is 7.63. The lowest BCUT2D eigenvalue weighted by molar-refractivity contribution is 0.300. The molecule has 0 aliphatic heterocycles. The number of nitrogens with zero attached hydrogens (tertiary/aromatic N) is 2. The summed E-state index contributed by atoms with van der Waals surface area (Å²) in [7, 11) is 3.83. The van der Waals surface area contributed by atoms with Crippen LogP contribution in [0.4, 0.5) is 14.5 Å². The van der Waals surface area contributed by atoms with Crippen LogP contribution in [0.15, 0.2) is 24.3 Å². The average molecular weight is 228 g/mol. The summed E-state index contributed by atoms with van der Waals surface area (Å²) < 4.78 is 24.7. The van der Waals surface area contributed by atoms with Crippen LogP contribution in [0.25, 0.3) is 0 Å². The molecule has 0 spiro atoms. The van der Waals surface area contributed by atoms with E-state index in [9.17, 15) is 8.78 Å². The second-order valence-electron chi connectivity index (χ2n) is 3.89. The van der Waals surface area contributed by atoms with Crippen molar-refractivity contribution in [2.24, 2.45) is 0 Å². The van der Waals surface area contributed by atoms with Crippen LogP contribution in [-0.4, -0.2) is 45.3 Å². The van der Waals surface area contributed by atoms with Gasteiger partial charge in [-0.15, -0.1) is 0 Å². The molecule has 2 nitrogen and oxygen atoms in total. The van der Waals surface area contributed by atoms with Gasteiger partial charge in [0.1, 0.15) is 12.5 Å². The van der Waals surface area contributed by atoms with E-state index in [2.05, 4.69) is 0 Å². The average Bonchev–Trinajstić information content (AvgIpc) is 2.27. The Hall–Kier alpha value is -1.16. The number of halogens is 2. The van der Waals surface area contributed by atoms with E-state index in [-0.39, 0.29) is 12.5 Å².